The SMILES string of the molecule is Nc1ccc(Cn2c(-c3cccc(N)c3)nc3ccccc32)cc1. The van der Waals surface area contributed by atoms with Crippen molar-refractivity contribution in [2.45, 2.75) is 6.54 Å². The Bertz CT molecular complexity index is 1000. The third kappa shape index (κ3) is 2.58. The molecule has 24 heavy (non-hydrogen) atoms. The van der Waals surface area contributed by atoms with Gasteiger partial charge in [-0.05, 0) is 42.0 Å². The average molecular weight is 314 g/mol. The number of hydrogen-bond donors (Lipinski definition) is 2. The first kappa shape index (κ1) is 14.3. The molecule has 118 valence electrons. The number of rotatable bonds is 3. The van der Waals surface area contributed by atoms with Gasteiger partial charge in [0.2, 0.25) is 0 Å². The molecule has 4 aromatic rings. The van der Waals surface area contributed by atoms with E-state index >= 15 is 0 Å². The smallest absolute Gasteiger partial charge is 0.141 e. The van der Waals surface area contributed by atoms with Crippen LogP contribution in [0, 0.1) is 0 Å². The number of nitrogens with two attached hydrogens (primary N) is 2. The number of fused-ring (bicyclic) bond motifs is 1. The predicted octanol–water partition coefficient (Wildman–Crippen LogP) is 3.92. The average Bonchev–Trinajstić information content (AvgIpc) is 2.96. The molecule has 0 saturated carbocycles. The van der Waals surface area contributed by atoms with Gasteiger partial charge in [-0.3, -0.25) is 0 Å². The molecule has 0 unspecified atom stereocenters. The summed E-state index contributed by atoms with van der Waals surface area (Å²) in [6.07, 6.45) is 0. The summed E-state index contributed by atoms with van der Waals surface area (Å²) in [5.41, 5.74) is 17.5. The molecule has 1 aromatic heterocycles. The lowest BCUT2D eigenvalue weighted by atomic mass is 10.1. The van der Waals surface area contributed by atoms with E-state index in [1.807, 2.05) is 66.7 Å². The lowest BCUT2D eigenvalue weighted by Crippen LogP contribution is -2.02. The van der Waals surface area contributed by atoms with Gasteiger partial charge in [-0.1, -0.05) is 36.4 Å². The van der Waals surface area contributed by atoms with Crippen molar-refractivity contribution in [3.05, 3.63) is 78.4 Å². The highest BCUT2D eigenvalue weighted by Crippen LogP contribution is 2.27. The van der Waals surface area contributed by atoms with Crippen molar-refractivity contribution in [1.29, 1.82) is 0 Å². The largest absolute Gasteiger partial charge is 0.399 e. The predicted molar refractivity (Wildman–Crippen MR) is 99.5 cm³/mol. The molecule has 4 heteroatoms. The quantitative estimate of drug-likeness (QED) is 0.563. The molecular weight excluding hydrogens is 296 g/mol. The number of benzene rings is 3. The van der Waals surface area contributed by atoms with E-state index in [9.17, 15) is 0 Å². The number of imidazole rings is 1. The van der Waals surface area contributed by atoms with Crippen LogP contribution in [0.1, 0.15) is 5.56 Å². The Kier molecular flexibility index (Phi) is 3.43. The molecule has 4 N–H and O–H groups in total. The van der Waals surface area contributed by atoms with E-state index < -0.39 is 0 Å². The number of para-hydroxylation sites is 2. The molecule has 0 aliphatic carbocycles. The number of anilines is 2. The van der Waals surface area contributed by atoms with Crippen LogP contribution in [0.2, 0.25) is 0 Å². The summed E-state index contributed by atoms with van der Waals surface area (Å²) < 4.78 is 2.22. The first-order valence-electron chi connectivity index (χ1n) is 7.86. The minimum absolute atomic E-state index is 0.727. The number of hydrogen-bond acceptors (Lipinski definition) is 3. The highest BCUT2D eigenvalue weighted by Gasteiger charge is 2.13. The second-order valence-corrected chi connectivity index (χ2v) is 5.88. The molecule has 1 heterocycles. The van der Waals surface area contributed by atoms with E-state index in [-0.39, 0.29) is 0 Å². The zero-order valence-corrected chi connectivity index (χ0v) is 13.2. The van der Waals surface area contributed by atoms with Crippen molar-refractivity contribution in [3.63, 3.8) is 0 Å². The van der Waals surface area contributed by atoms with E-state index in [0.717, 1.165) is 40.3 Å². The monoisotopic (exact) mass is 314 g/mol. The number of aromatic nitrogens is 2. The molecular formula is C20H18N4. The van der Waals surface area contributed by atoms with Crippen LogP contribution < -0.4 is 11.5 Å². The van der Waals surface area contributed by atoms with Crippen LogP contribution in [0.15, 0.2) is 72.8 Å². The van der Waals surface area contributed by atoms with Crippen molar-refractivity contribution in [1.82, 2.24) is 9.55 Å². The van der Waals surface area contributed by atoms with Crippen LogP contribution in [0.25, 0.3) is 22.4 Å². The first-order chi connectivity index (χ1) is 11.7. The third-order valence-corrected chi connectivity index (χ3v) is 4.12. The van der Waals surface area contributed by atoms with E-state index in [1.165, 1.54) is 5.56 Å². The Morgan fingerprint density at radius 2 is 1.58 bits per heavy atom. The molecule has 0 radical (unpaired) electrons. The zero-order chi connectivity index (χ0) is 16.5. The number of nitrogens with zero attached hydrogens (tertiary/aromatic N) is 2. The molecule has 0 aliphatic heterocycles. The van der Waals surface area contributed by atoms with Gasteiger partial charge in [-0.15, -0.1) is 0 Å². The maximum atomic E-state index is 5.96. The van der Waals surface area contributed by atoms with Gasteiger partial charge in [0, 0.05) is 23.5 Å². The van der Waals surface area contributed by atoms with E-state index in [4.69, 9.17) is 16.5 Å². The van der Waals surface area contributed by atoms with Crippen LogP contribution >= 0.6 is 0 Å². The second kappa shape index (κ2) is 5.74. The maximum Gasteiger partial charge on any atom is 0.141 e. The summed E-state index contributed by atoms with van der Waals surface area (Å²) in [4.78, 5) is 4.82. The fraction of sp³-hybridized carbons (Fsp3) is 0.0500. The Morgan fingerprint density at radius 3 is 2.38 bits per heavy atom. The molecule has 4 nitrogen and oxygen atoms in total. The lowest BCUT2D eigenvalue weighted by Gasteiger charge is -2.10. The molecule has 4 rings (SSSR count). The van der Waals surface area contributed by atoms with Gasteiger partial charge in [-0.25, -0.2) is 4.98 Å². The van der Waals surface area contributed by atoms with Crippen molar-refractivity contribution in [2.75, 3.05) is 11.5 Å². The van der Waals surface area contributed by atoms with Gasteiger partial charge in [0.1, 0.15) is 5.82 Å². The van der Waals surface area contributed by atoms with E-state index in [0.29, 0.717) is 0 Å². The highest BCUT2D eigenvalue weighted by molar-refractivity contribution is 5.81. The molecule has 0 atom stereocenters. The van der Waals surface area contributed by atoms with Crippen LogP contribution in [0.5, 0.6) is 0 Å². The second-order valence-electron chi connectivity index (χ2n) is 5.88. The molecule has 0 aliphatic rings. The van der Waals surface area contributed by atoms with Crippen molar-refractivity contribution < 1.29 is 0 Å². The van der Waals surface area contributed by atoms with Gasteiger partial charge >= 0.3 is 0 Å². The Hall–Kier alpha value is -3.27. The highest BCUT2D eigenvalue weighted by atomic mass is 15.1. The molecule has 0 fully saturated rings. The van der Waals surface area contributed by atoms with Crippen molar-refractivity contribution in [3.8, 4) is 11.4 Å². The minimum atomic E-state index is 0.727. The van der Waals surface area contributed by atoms with Crippen LogP contribution in [0.3, 0.4) is 0 Å². The van der Waals surface area contributed by atoms with Crippen LogP contribution in [0.4, 0.5) is 11.4 Å². The topological polar surface area (TPSA) is 69.9 Å². The summed E-state index contributed by atoms with van der Waals surface area (Å²) in [7, 11) is 0. The molecule has 0 spiro atoms. The van der Waals surface area contributed by atoms with Gasteiger partial charge in [0.05, 0.1) is 11.0 Å². The molecule has 0 bridgehead atoms. The summed E-state index contributed by atoms with van der Waals surface area (Å²) >= 11 is 0. The van der Waals surface area contributed by atoms with Crippen molar-refractivity contribution in [2.24, 2.45) is 0 Å². The first-order valence-corrected chi connectivity index (χ1v) is 7.86. The van der Waals surface area contributed by atoms with Crippen molar-refractivity contribution >= 4 is 22.4 Å². The summed E-state index contributed by atoms with van der Waals surface area (Å²) in [6, 6.07) is 24.0. The van der Waals surface area contributed by atoms with Gasteiger partial charge < -0.3 is 16.0 Å². The normalized spacial score (nSPS) is 11.0. The third-order valence-electron chi connectivity index (χ3n) is 4.12. The van der Waals surface area contributed by atoms with Crippen LogP contribution in [-0.2, 0) is 6.54 Å². The minimum Gasteiger partial charge on any atom is -0.399 e. The Morgan fingerprint density at radius 1 is 0.792 bits per heavy atom. The zero-order valence-electron chi connectivity index (χ0n) is 13.2. The summed E-state index contributed by atoms with van der Waals surface area (Å²) in [6.45, 7) is 0.727. The van der Waals surface area contributed by atoms with E-state index in [2.05, 4.69) is 10.6 Å². The summed E-state index contributed by atoms with van der Waals surface area (Å²) in [5.74, 6) is 0.917. The van der Waals surface area contributed by atoms with Crippen LogP contribution in [-0.4, -0.2) is 9.55 Å². The maximum absolute atomic E-state index is 5.96. The fourth-order valence-electron chi connectivity index (χ4n) is 2.94. The van der Waals surface area contributed by atoms with E-state index in [1.54, 1.807) is 0 Å². The lowest BCUT2D eigenvalue weighted by molar-refractivity contribution is 0.834. The van der Waals surface area contributed by atoms with Gasteiger partial charge in [0.15, 0.2) is 0 Å². The fourth-order valence-corrected chi connectivity index (χ4v) is 2.94. The molecule has 0 saturated heterocycles. The molecule has 0 amide bonds. The Balaban J connectivity index is 1.88. The van der Waals surface area contributed by atoms with Gasteiger partial charge in [0.25, 0.3) is 0 Å². The molecule has 3 aromatic carbocycles. The summed E-state index contributed by atoms with van der Waals surface area (Å²) in [5, 5.41) is 0. The standard InChI is InChI=1S/C20H18N4/c21-16-10-8-14(9-11-16)13-24-19-7-2-1-6-18(19)23-20(24)15-4-3-5-17(22)12-15/h1-12H,13,21-22H2. The number of nitrogen functional groups attached to an aromatic ring is 2. The van der Waals surface area contributed by atoms with Gasteiger partial charge in [-0.2, -0.15) is 0 Å². The Labute approximate surface area is 140 Å².